The molecule has 1 aromatic rings. The van der Waals surface area contributed by atoms with Crippen LogP contribution >= 0.6 is 23.4 Å². The van der Waals surface area contributed by atoms with Gasteiger partial charge in [0.05, 0.1) is 10.7 Å². The summed E-state index contributed by atoms with van der Waals surface area (Å²) in [5.41, 5.74) is -0.482. The lowest BCUT2D eigenvalue weighted by Crippen LogP contribution is -2.70. The van der Waals surface area contributed by atoms with Gasteiger partial charge in [-0.3, -0.25) is 24.0 Å². The molecule has 0 bridgehead atoms. The van der Waals surface area contributed by atoms with Crippen molar-refractivity contribution in [3.05, 3.63) is 27.7 Å². The van der Waals surface area contributed by atoms with Crippen LogP contribution in [0.3, 0.4) is 0 Å². The second-order valence-electron chi connectivity index (χ2n) is 6.74. The predicted molar refractivity (Wildman–Crippen MR) is 103 cm³/mol. The van der Waals surface area contributed by atoms with Gasteiger partial charge < -0.3 is 15.2 Å². The number of thioether (sulfide) groups is 1. The molecule has 10 nitrogen and oxygen atoms in total. The molecule has 0 saturated carbocycles. The maximum absolute atomic E-state index is 12.9. The number of ether oxygens (including phenoxy) is 1. The highest BCUT2D eigenvalue weighted by Gasteiger charge is 2.54. The van der Waals surface area contributed by atoms with E-state index < -0.39 is 53.8 Å². The Hall–Kier alpha value is -2.67. The first-order valence-corrected chi connectivity index (χ1v) is 10.3. The van der Waals surface area contributed by atoms with Gasteiger partial charge in [-0.15, -0.1) is 11.8 Å². The van der Waals surface area contributed by atoms with Crippen molar-refractivity contribution in [2.45, 2.75) is 38.2 Å². The maximum Gasteiger partial charge on any atom is 0.352 e. The highest BCUT2D eigenvalue weighted by molar-refractivity contribution is 8.00. The third-order valence-electron chi connectivity index (χ3n) is 4.67. The van der Waals surface area contributed by atoms with Gasteiger partial charge in [-0.1, -0.05) is 11.6 Å². The molecule has 31 heavy (non-hydrogen) atoms. The molecule has 2 atom stereocenters. The maximum atomic E-state index is 12.9. The van der Waals surface area contributed by atoms with Crippen molar-refractivity contribution in [3.8, 4) is 0 Å². The molecular formula is C17H17ClF2N4O6S. The Kier molecular flexibility index (Phi) is 6.55. The Labute approximate surface area is 183 Å². The standard InChI is InChI=1S/C17H17ClF2N4O6S/c1-6-10(18)11(14(19)20)22-23(6)3-9(26)21-12-15(27)24-13(17(28)29)8(4-30-7(2)25)5-31-16(12)24/h12,14,16H,3-5H2,1-2H3,(H,21,26)(H,28,29)/t12-,16+/m1/s1. The molecule has 3 rings (SSSR count). The molecule has 1 saturated heterocycles. The minimum Gasteiger partial charge on any atom is -0.477 e. The number of carboxylic acid groups (broad SMARTS) is 1. The number of hydrogen-bond donors (Lipinski definition) is 2. The number of carbonyl (C=O) groups is 4. The molecule has 2 aliphatic rings. The van der Waals surface area contributed by atoms with E-state index >= 15 is 0 Å². The fourth-order valence-corrected chi connectivity index (χ4v) is 4.72. The van der Waals surface area contributed by atoms with Crippen LogP contribution in [-0.4, -0.2) is 67.3 Å². The van der Waals surface area contributed by atoms with E-state index in [2.05, 4.69) is 10.4 Å². The van der Waals surface area contributed by atoms with E-state index in [0.29, 0.717) is 0 Å². The molecule has 3 heterocycles. The minimum atomic E-state index is -2.90. The van der Waals surface area contributed by atoms with Gasteiger partial charge in [-0.25, -0.2) is 13.6 Å². The van der Waals surface area contributed by atoms with E-state index in [4.69, 9.17) is 16.3 Å². The zero-order chi connectivity index (χ0) is 23.0. The lowest BCUT2D eigenvalue weighted by molar-refractivity contribution is -0.151. The van der Waals surface area contributed by atoms with Gasteiger partial charge in [0.2, 0.25) is 5.91 Å². The van der Waals surface area contributed by atoms with Crippen LogP contribution in [0.4, 0.5) is 8.78 Å². The number of β-lactam (4-membered cyclic amide) rings is 1. The summed E-state index contributed by atoms with van der Waals surface area (Å²) in [6.45, 7) is 1.90. The van der Waals surface area contributed by atoms with E-state index in [9.17, 15) is 33.1 Å². The summed E-state index contributed by atoms with van der Waals surface area (Å²) in [5.74, 6) is -3.08. The van der Waals surface area contributed by atoms with Crippen molar-refractivity contribution < 1.29 is 37.8 Å². The number of aliphatic carboxylic acids is 1. The monoisotopic (exact) mass is 478 g/mol. The largest absolute Gasteiger partial charge is 0.477 e. The Balaban J connectivity index is 1.70. The van der Waals surface area contributed by atoms with Crippen LogP contribution in [-0.2, 0) is 30.5 Å². The molecule has 0 aliphatic carbocycles. The van der Waals surface area contributed by atoms with Crippen LogP contribution in [0.2, 0.25) is 5.02 Å². The van der Waals surface area contributed by atoms with Crippen LogP contribution in [0.15, 0.2) is 11.3 Å². The number of esters is 1. The fourth-order valence-electron chi connectivity index (χ4n) is 3.18. The average molecular weight is 479 g/mol. The van der Waals surface area contributed by atoms with Gasteiger partial charge in [-0.05, 0) is 6.92 Å². The topological polar surface area (TPSA) is 131 Å². The molecule has 2 N–H and O–H groups in total. The SMILES string of the molecule is CC(=O)OCC1=C(C(=O)O)N2C(=O)[C@@H](NC(=O)Cn3nc(C(F)F)c(Cl)c3C)[C@@H]2SC1. The number of nitrogens with one attached hydrogen (secondary N) is 1. The van der Waals surface area contributed by atoms with E-state index in [-0.39, 0.29) is 34.3 Å². The summed E-state index contributed by atoms with van der Waals surface area (Å²) in [6, 6.07) is -0.997. The van der Waals surface area contributed by atoms with Crippen molar-refractivity contribution in [1.29, 1.82) is 0 Å². The van der Waals surface area contributed by atoms with Crippen LogP contribution < -0.4 is 5.32 Å². The number of aromatic nitrogens is 2. The summed E-state index contributed by atoms with van der Waals surface area (Å²) < 4.78 is 31.7. The molecule has 0 spiro atoms. The lowest BCUT2D eigenvalue weighted by atomic mass is 10.0. The smallest absolute Gasteiger partial charge is 0.352 e. The summed E-state index contributed by atoms with van der Waals surface area (Å²) in [7, 11) is 0. The first kappa shape index (κ1) is 23.0. The first-order valence-electron chi connectivity index (χ1n) is 8.86. The molecule has 2 aliphatic heterocycles. The van der Waals surface area contributed by atoms with E-state index in [1.165, 1.54) is 25.6 Å². The molecule has 0 unspecified atom stereocenters. The first-order chi connectivity index (χ1) is 14.5. The van der Waals surface area contributed by atoms with Crippen LogP contribution in [0.25, 0.3) is 0 Å². The second kappa shape index (κ2) is 8.83. The minimum absolute atomic E-state index is 0.173. The van der Waals surface area contributed by atoms with Gasteiger partial charge >= 0.3 is 11.9 Å². The number of halogens is 3. The molecule has 2 amide bonds. The van der Waals surface area contributed by atoms with Crippen molar-refractivity contribution in [3.63, 3.8) is 0 Å². The third kappa shape index (κ3) is 4.37. The zero-order valence-corrected chi connectivity index (χ0v) is 17.8. The van der Waals surface area contributed by atoms with E-state index in [0.717, 1.165) is 9.58 Å². The van der Waals surface area contributed by atoms with Gasteiger partial charge in [0, 0.05) is 18.2 Å². The molecule has 0 radical (unpaired) electrons. The number of nitrogens with zero attached hydrogens (tertiary/aromatic N) is 3. The summed E-state index contributed by atoms with van der Waals surface area (Å²) in [5, 5.41) is 14.7. The number of alkyl halides is 2. The average Bonchev–Trinajstić information content (AvgIpc) is 2.98. The number of fused-ring (bicyclic) bond motifs is 1. The molecular weight excluding hydrogens is 462 g/mol. The van der Waals surface area contributed by atoms with E-state index in [1.807, 2.05) is 0 Å². The molecule has 1 aromatic heterocycles. The van der Waals surface area contributed by atoms with Crippen LogP contribution in [0.5, 0.6) is 0 Å². The van der Waals surface area contributed by atoms with Crippen molar-refractivity contribution in [2.24, 2.45) is 0 Å². The van der Waals surface area contributed by atoms with Crippen LogP contribution in [0.1, 0.15) is 24.7 Å². The number of amides is 2. The lowest BCUT2D eigenvalue weighted by Gasteiger charge is -2.49. The van der Waals surface area contributed by atoms with Gasteiger partial charge in [-0.2, -0.15) is 5.10 Å². The molecule has 14 heteroatoms. The number of rotatable bonds is 7. The quantitative estimate of drug-likeness (QED) is 0.440. The van der Waals surface area contributed by atoms with Gasteiger partial charge in [0.1, 0.15) is 36.0 Å². The van der Waals surface area contributed by atoms with Gasteiger partial charge in [0.15, 0.2) is 0 Å². The highest BCUT2D eigenvalue weighted by atomic mass is 35.5. The summed E-state index contributed by atoms with van der Waals surface area (Å²) in [6.07, 6.45) is -2.90. The Bertz CT molecular complexity index is 998. The number of hydrogen-bond acceptors (Lipinski definition) is 7. The Morgan fingerprint density at radius 3 is 2.65 bits per heavy atom. The summed E-state index contributed by atoms with van der Waals surface area (Å²) in [4.78, 5) is 48.6. The van der Waals surface area contributed by atoms with Crippen molar-refractivity contribution >= 4 is 47.1 Å². The molecule has 1 fully saturated rings. The predicted octanol–water partition coefficient (Wildman–Crippen LogP) is 1.08. The van der Waals surface area contributed by atoms with Crippen molar-refractivity contribution in [2.75, 3.05) is 12.4 Å². The fraction of sp³-hybridized carbons (Fsp3) is 0.471. The third-order valence-corrected chi connectivity index (χ3v) is 6.48. The molecule has 168 valence electrons. The number of carbonyl (C=O) groups excluding carboxylic acids is 3. The Morgan fingerprint density at radius 1 is 1.42 bits per heavy atom. The van der Waals surface area contributed by atoms with Crippen LogP contribution in [0, 0.1) is 6.92 Å². The Morgan fingerprint density at radius 2 is 2.10 bits per heavy atom. The zero-order valence-electron chi connectivity index (χ0n) is 16.2. The van der Waals surface area contributed by atoms with Crippen molar-refractivity contribution in [1.82, 2.24) is 20.0 Å². The van der Waals surface area contributed by atoms with E-state index in [1.54, 1.807) is 0 Å². The van der Waals surface area contributed by atoms with Gasteiger partial charge in [0.25, 0.3) is 12.3 Å². The highest BCUT2D eigenvalue weighted by Crippen LogP contribution is 2.40. The number of carboxylic acids is 1. The second-order valence-corrected chi connectivity index (χ2v) is 8.22. The molecule has 0 aromatic carbocycles. The summed E-state index contributed by atoms with van der Waals surface area (Å²) >= 11 is 7.01. The normalized spacial score (nSPS) is 20.5.